The quantitative estimate of drug-likeness (QED) is 0.774. The number of nitrogens with zero attached hydrogens (tertiary/aromatic N) is 2. The first-order chi connectivity index (χ1) is 9.66. The van der Waals surface area contributed by atoms with Gasteiger partial charge in [0.15, 0.2) is 0 Å². The first kappa shape index (κ1) is 13.0. The summed E-state index contributed by atoms with van der Waals surface area (Å²) in [4.78, 5) is 9.06. The summed E-state index contributed by atoms with van der Waals surface area (Å²) in [7, 11) is 0. The van der Waals surface area contributed by atoms with Gasteiger partial charge in [0.2, 0.25) is 0 Å². The van der Waals surface area contributed by atoms with Crippen LogP contribution in [0.15, 0.2) is 48.7 Å². The summed E-state index contributed by atoms with van der Waals surface area (Å²) in [6.07, 6.45) is 1.75. The van der Waals surface area contributed by atoms with Crippen molar-refractivity contribution in [1.29, 1.82) is 0 Å². The van der Waals surface area contributed by atoms with E-state index in [9.17, 15) is 0 Å². The van der Waals surface area contributed by atoms with E-state index in [1.165, 1.54) is 0 Å². The fourth-order valence-corrected chi connectivity index (χ4v) is 2.46. The molecular weight excluding hydrogens is 270 g/mol. The first-order valence-electron chi connectivity index (χ1n) is 6.43. The van der Waals surface area contributed by atoms with Crippen LogP contribution in [0.4, 0.5) is 0 Å². The number of para-hydroxylation sites is 1. The second-order valence-electron chi connectivity index (χ2n) is 4.74. The summed E-state index contributed by atoms with van der Waals surface area (Å²) in [6.45, 7) is 1.94. The molecule has 0 fully saturated rings. The predicted molar refractivity (Wildman–Crippen MR) is 82.6 cm³/mol. The van der Waals surface area contributed by atoms with E-state index in [4.69, 9.17) is 22.3 Å². The third-order valence-corrected chi connectivity index (χ3v) is 3.53. The van der Waals surface area contributed by atoms with Crippen LogP contribution in [0.25, 0.3) is 22.3 Å². The maximum absolute atomic E-state index is 6.23. The number of nitrogens with two attached hydrogens (primary N) is 1. The molecule has 3 nitrogen and oxygen atoms in total. The van der Waals surface area contributed by atoms with Crippen LogP contribution >= 0.6 is 11.6 Å². The summed E-state index contributed by atoms with van der Waals surface area (Å²) < 4.78 is 0. The summed E-state index contributed by atoms with van der Waals surface area (Å²) in [6, 6.07) is 13.4. The van der Waals surface area contributed by atoms with Crippen LogP contribution in [-0.4, -0.2) is 9.97 Å². The van der Waals surface area contributed by atoms with Gasteiger partial charge < -0.3 is 5.73 Å². The molecule has 0 radical (unpaired) electrons. The van der Waals surface area contributed by atoms with E-state index in [2.05, 4.69) is 4.98 Å². The number of hydrogen-bond donors (Lipinski definition) is 1. The lowest BCUT2D eigenvalue weighted by molar-refractivity contribution is 0.816. The number of rotatable bonds is 2. The average Bonchev–Trinajstić information content (AvgIpc) is 2.47. The molecular formula is C16H14ClN3. The van der Waals surface area contributed by atoms with E-state index in [-0.39, 0.29) is 6.04 Å². The van der Waals surface area contributed by atoms with Gasteiger partial charge in [0, 0.05) is 17.6 Å². The normalized spacial score (nSPS) is 12.6. The Bertz CT molecular complexity index is 754. The lowest BCUT2D eigenvalue weighted by Crippen LogP contribution is -2.08. The van der Waals surface area contributed by atoms with Crippen molar-refractivity contribution in [3.8, 4) is 11.4 Å². The number of aromatic nitrogens is 2. The lowest BCUT2D eigenvalue weighted by Gasteiger charge is -2.13. The zero-order valence-electron chi connectivity index (χ0n) is 11.0. The smallest absolute Gasteiger partial charge is 0.0942 e. The Morgan fingerprint density at radius 3 is 2.70 bits per heavy atom. The summed E-state index contributed by atoms with van der Waals surface area (Å²) in [5, 5.41) is 1.63. The zero-order valence-corrected chi connectivity index (χ0v) is 11.8. The number of fused-ring (bicyclic) bond motifs is 1. The minimum atomic E-state index is -0.122. The van der Waals surface area contributed by atoms with Crippen LogP contribution in [0, 0.1) is 0 Å². The van der Waals surface area contributed by atoms with Gasteiger partial charge in [-0.25, -0.2) is 4.98 Å². The van der Waals surface area contributed by atoms with E-state index in [1.54, 1.807) is 6.20 Å². The highest BCUT2D eigenvalue weighted by Crippen LogP contribution is 2.30. The molecule has 3 rings (SSSR count). The van der Waals surface area contributed by atoms with Gasteiger partial charge >= 0.3 is 0 Å². The molecule has 0 saturated carbocycles. The maximum Gasteiger partial charge on any atom is 0.0942 e. The van der Waals surface area contributed by atoms with Gasteiger partial charge in [0.05, 0.1) is 21.9 Å². The molecule has 2 N–H and O–H groups in total. The topological polar surface area (TPSA) is 51.8 Å². The Labute approximate surface area is 122 Å². The molecule has 4 heteroatoms. The third-order valence-electron chi connectivity index (χ3n) is 3.22. The fourth-order valence-electron chi connectivity index (χ4n) is 2.23. The Morgan fingerprint density at radius 2 is 2.00 bits per heavy atom. The average molecular weight is 284 g/mol. The van der Waals surface area contributed by atoms with Crippen molar-refractivity contribution in [1.82, 2.24) is 9.97 Å². The number of halogens is 1. The molecule has 0 aliphatic carbocycles. The van der Waals surface area contributed by atoms with E-state index >= 15 is 0 Å². The molecule has 2 heterocycles. The van der Waals surface area contributed by atoms with E-state index < -0.39 is 0 Å². The van der Waals surface area contributed by atoms with E-state index in [1.807, 2.05) is 49.4 Å². The van der Waals surface area contributed by atoms with E-state index in [0.717, 1.165) is 27.9 Å². The van der Waals surface area contributed by atoms with Crippen molar-refractivity contribution in [3.63, 3.8) is 0 Å². The molecule has 0 bridgehead atoms. The van der Waals surface area contributed by atoms with Crippen LogP contribution in [0.5, 0.6) is 0 Å². The van der Waals surface area contributed by atoms with Crippen LogP contribution in [0.2, 0.25) is 5.02 Å². The van der Waals surface area contributed by atoms with Crippen LogP contribution in [-0.2, 0) is 0 Å². The van der Waals surface area contributed by atoms with Crippen LogP contribution in [0.3, 0.4) is 0 Å². The number of pyridine rings is 2. The molecule has 100 valence electrons. The van der Waals surface area contributed by atoms with E-state index in [0.29, 0.717) is 5.02 Å². The number of benzene rings is 1. The third kappa shape index (κ3) is 2.26. The summed E-state index contributed by atoms with van der Waals surface area (Å²) in [5.74, 6) is 0. The Hall–Kier alpha value is -1.97. The molecule has 0 saturated heterocycles. The molecule has 1 unspecified atom stereocenters. The fraction of sp³-hybridized carbons (Fsp3) is 0.125. The lowest BCUT2D eigenvalue weighted by atomic mass is 10.0. The minimum absolute atomic E-state index is 0.122. The highest BCUT2D eigenvalue weighted by molar-refractivity contribution is 6.35. The van der Waals surface area contributed by atoms with Crippen molar-refractivity contribution in [2.24, 2.45) is 5.73 Å². The molecule has 0 aliphatic heterocycles. The standard InChI is InChI=1S/C16H14ClN3/c1-10(18)12-9-11-5-4-6-13(17)15(11)20-16(12)14-7-2-3-8-19-14/h2-10H,18H2,1H3. The Kier molecular flexibility index (Phi) is 3.38. The monoisotopic (exact) mass is 283 g/mol. The SMILES string of the molecule is CC(N)c1cc2cccc(Cl)c2nc1-c1ccccn1. The Balaban J connectivity index is 2.34. The van der Waals surface area contributed by atoms with Gasteiger partial charge in [-0.05, 0) is 36.8 Å². The highest BCUT2D eigenvalue weighted by Gasteiger charge is 2.14. The molecule has 3 aromatic rings. The molecule has 1 aromatic carbocycles. The molecule has 2 aromatic heterocycles. The highest BCUT2D eigenvalue weighted by atomic mass is 35.5. The molecule has 0 aliphatic rings. The van der Waals surface area contributed by atoms with Crippen molar-refractivity contribution in [3.05, 3.63) is 59.2 Å². The number of hydrogen-bond acceptors (Lipinski definition) is 3. The minimum Gasteiger partial charge on any atom is -0.324 e. The molecule has 1 atom stereocenters. The second kappa shape index (κ2) is 5.19. The van der Waals surface area contributed by atoms with Gasteiger partial charge in [-0.2, -0.15) is 0 Å². The molecule has 0 spiro atoms. The van der Waals surface area contributed by atoms with Crippen LogP contribution in [0.1, 0.15) is 18.5 Å². The first-order valence-corrected chi connectivity index (χ1v) is 6.81. The van der Waals surface area contributed by atoms with Gasteiger partial charge in [0.25, 0.3) is 0 Å². The predicted octanol–water partition coefficient (Wildman–Crippen LogP) is 3.97. The zero-order chi connectivity index (χ0) is 14.1. The van der Waals surface area contributed by atoms with Gasteiger partial charge in [-0.3, -0.25) is 4.98 Å². The largest absolute Gasteiger partial charge is 0.324 e. The van der Waals surface area contributed by atoms with Gasteiger partial charge in [-0.15, -0.1) is 0 Å². The van der Waals surface area contributed by atoms with Gasteiger partial charge in [-0.1, -0.05) is 29.8 Å². The molecule has 0 amide bonds. The summed E-state index contributed by atoms with van der Waals surface area (Å²) >= 11 is 6.23. The van der Waals surface area contributed by atoms with Crippen molar-refractivity contribution < 1.29 is 0 Å². The van der Waals surface area contributed by atoms with Crippen molar-refractivity contribution in [2.45, 2.75) is 13.0 Å². The second-order valence-corrected chi connectivity index (χ2v) is 5.15. The van der Waals surface area contributed by atoms with Gasteiger partial charge in [0.1, 0.15) is 0 Å². The molecule has 20 heavy (non-hydrogen) atoms. The Morgan fingerprint density at radius 1 is 1.15 bits per heavy atom. The summed E-state index contributed by atoms with van der Waals surface area (Å²) in [5.41, 5.74) is 9.43. The maximum atomic E-state index is 6.23. The van der Waals surface area contributed by atoms with Crippen molar-refractivity contribution in [2.75, 3.05) is 0 Å². The van der Waals surface area contributed by atoms with Crippen LogP contribution < -0.4 is 5.73 Å². The van der Waals surface area contributed by atoms with Crippen molar-refractivity contribution >= 4 is 22.5 Å².